The standard InChI is InChI=1S/C18H11BrO/c19-13-9-10-15-17(11-13)20-16-8-4-7-14(18(15)16)12-5-2-1-3-6-12/h1-11H/i1D,2D,3D,4D,5D,6D,7D,8D,9D,10D,11D. The number of benzene rings is 3. The summed E-state index contributed by atoms with van der Waals surface area (Å²) >= 11 is 3.06. The molecule has 0 unspecified atom stereocenters. The third-order valence-electron chi connectivity index (χ3n) is 2.79. The monoisotopic (exact) mass is 333 g/mol. The number of halogens is 1. The molecule has 0 N–H and O–H groups in total. The van der Waals surface area contributed by atoms with E-state index in [0.717, 1.165) is 0 Å². The number of hydrogen-bond donors (Lipinski definition) is 0. The first-order valence-corrected chi connectivity index (χ1v) is 6.39. The van der Waals surface area contributed by atoms with E-state index in [2.05, 4.69) is 15.9 Å². The zero-order valence-electron chi connectivity index (χ0n) is 20.8. The zero-order valence-corrected chi connectivity index (χ0v) is 11.4. The SMILES string of the molecule is [2H]c1c([2H])c([2H])c(-c2c([2H])c([2H])c([2H])c3oc4c([2H])c(Br)c([2H])c([2H])c4c23)c([2H])c1[2H]. The molecule has 0 bridgehead atoms. The maximum Gasteiger partial charge on any atom is 0.136 e. The highest BCUT2D eigenvalue weighted by molar-refractivity contribution is 9.10. The van der Waals surface area contributed by atoms with Crippen molar-refractivity contribution in [1.82, 2.24) is 0 Å². The molecule has 96 valence electrons. The molecule has 0 aliphatic carbocycles. The van der Waals surface area contributed by atoms with Gasteiger partial charge in [0.05, 0.1) is 15.1 Å². The first kappa shape index (κ1) is 5.05. The van der Waals surface area contributed by atoms with Gasteiger partial charge in [0, 0.05) is 15.2 Å². The highest BCUT2D eigenvalue weighted by atomic mass is 79.9. The van der Waals surface area contributed by atoms with Gasteiger partial charge in [-0.2, -0.15) is 0 Å². The van der Waals surface area contributed by atoms with Crippen LogP contribution in [0, 0.1) is 0 Å². The molecule has 4 aromatic rings. The zero-order chi connectivity index (χ0) is 23.1. The van der Waals surface area contributed by atoms with Crippen molar-refractivity contribution >= 4 is 37.9 Å². The molecule has 0 radical (unpaired) electrons. The summed E-state index contributed by atoms with van der Waals surface area (Å²) < 4.78 is 95.4. The van der Waals surface area contributed by atoms with Gasteiger partial charge in [-0.05, 0) is 35.3 Å². The van der Waals surface area contributed by atoms with Crippen molar-refractivity contribution in [1.29, 1.82) is 0 Å². The molecule has 0 atom stereocenters. The first-order valence-electron chi connectivity index (χ1n) is 11.1. The Kier molecular flexibility index (Phi) is 1.13. The van der Waals surface area contributed by atoms with Crippen LogP contribution in [-0.4, -0.2) is 0 Å². The molecule has 0 aliphatic rings. The molecular formula is C18H11BrO. The maximum atomic E-state index is 8.43. The van der Waals surface area contributed by atoms with Crippen LogP contribution in [0.2, 0.25) is 0 Å². The largest absolute Gasteiger partial charge is 0.456 e. The van der Waals surface area contributed by atoms with Crippen LogP contribution >= 0.6 is 15.9 Å². The number of rotatable bonds is 1. The second kappa shape index (κ2) is 4.50. The van der Waals surface area contributed by atoms with Crippen molar-refractivity contribution in [3.63, 3.8) is 0 Å². The van der Waals surface area contributed by atoms with E-state index in [4.69, 9.17) is 19.5 Å². The molecule has 3 aromatic carbocycles. The van der Waals surface area contributed by atoms with Gasteiger partial charge in [-0.1, -0.05) is 58.2 Å². The lowest BCUT2D eigenvalue weighted by molar-refractivity contribution is 0.669. The summed E-state index contributed by atoms with van der Waals surface area (Å²) in [5.74, 6) is 0. The Labute approximate surface area is 140 Å². The summed E-state index contributed by atoms with van der Waals surface area (Å²) in [5.41, 5.74) is -1.09. The average molecular weight is 334 g/mol. The fourth-order valence-electron chi connectivity index (χ4n) is 1.99. The summed E-state index contributed by atoms with van der Waals surface area (Å²) in [6.45, 7) is 0. The molecule has 0 saturated carbocycles. The maximum absolute atomic E-state index is 8.43. The van der Waals surface area contributed by atoms with E-state index in [-0.39, 0.29) is 55.7 Å². The van der Waals surface area contributed by atoms with E-state index in [1.807, 2.05) is 0 Å². The first-order chi connectivity index (χ1) is 14.4. The number of furan rings is 1. The van der Waals surface area contributed by atoms with Crippen LogP contribution in [0.1, 0.15) is 15.1 Å². The van der Waals surface area contributed by atoms with Crippen LogP contribution in [0.3, 0.4) is 0 Å². The van der Waals surface area contributed by atoms with E-state index in [9.17, 15) is 0 Å². The van der Waals surface area contributed by atoms with Gasteiger partial charge in [-0.3, -0.25) is 0 Å². The molecule has 1 aromatic heterocycles. The van der Waals surface area contributed by atoms with Gasteiger partial charge in [0.15, 0.2) is 0 Å². The highest BCUT2D eigenvalue weighted by Gasteiger charge is 2.12. The Morgan fingerprint density at radius 2 is 1.70 bits per heavy atom. The van der Waals surface area contributed by atoms with Crippen molar-refractivity contribution in [2.24, 2.45) is 0 Å². The molecule has 0 saturated heterocycles. The van der Waals surface area contributed by atoms with Gasteiger partial charge in [0.1, 0.15) is 11.2 Å². The third-order valence-corrected chi connectivity index (χ3v) is 3.19. The minimum atomic E-state index is -0.644. The summed E-state index contributed by atoms with van der Waals surface area (Å²) in [6, 6.07) is -5.86. The fraction of sp³-hybridized carbons (Fsp3) is 0. The van der Waals surface area contributed by atoms with Gasteiger partial charge in [-0.25, -0.2) is 0 Å². The van der Waals surface area contributed by atoms with E-state index in [1.54, 1.807) is 0 Å². The molecule has 0 amide bonds. The van der Waals surface area contributed by atoms with Crippen LogP contribution in [-0.2, 0) is 0 Å². The lowest BCUT2D eigenvalue weighted by Gasteiger charge is -2.03. The predicted octanol–water partition coefficient (Wildman–Crippen LogP) is 6.02. The number of hydrogen-bond acceptors (Lipinski definition) is 1. The summed E-state index contributed by atoms with van der Waals surface area (Å²) in [7, 11) is 0. The molecule has 0 fully saturated rings. The van der Waals surface area contributed by atoms with Crippen molar-refractivity contribution < 1.29 is 19.5 Å². The third kappa shape index (κ3) is 1.76. The second-order valence-electron chi connectivity index (χ2n) is 3.95. The molecule has 1 nitrogen and oxygen atoms in total. The van der Waals surface area contributed by atoms with Gasteiger partial charge >= 0.3 is 0 Å². The Hall–Kier alpha value is -2.06. The van der Waals surface area contributed by atoms with Crippen LogP contribution in [0.15, 0.2) is 75.4 Å². The van der Waals surface area contributed by atoms with Gasteiger partial charge in [0.2, 0.25) is 0 Å². The average Bonchev–Trinajstić information content (AvgIpc) is 3.14. The minimum absolute atomic E-state index is 0.0165. The Morgan fingerprint density at radius 3 is 2.55 bits per heavy atom. The molecule has 0 spiro atoms. The van der Waals surface area contributed by atoms with Gasteiger partial charge < -0.3 is 4.42 Å². The minimum Gasteiger partial charge on any atom is -0.456 e. The Balaban J connectivity index is 2.40. The fourth-order valence-corrected chi connectivity index (χ4v) is 2.27. The van der Waals surface area contributed by atoms with Crippen LogP contribution in [0.4, 0.5) is 0 Å². The van der Waals surface area contributed by atoms with E-state index >= 15 is 0 Å². The van der Waals surface area contributed by atoms with E-state index < -0.39 is 48.3 Å². The van der Waals surface area contributed by atoms with Crippen molar-refractivity contribution in [2.75, 3.05) is 0 Å². The predicted molar refractivity (Wildman–Crippen MR) is 86.9 cm³/mol. The van der Waals surface area contributed by atoms with Gasteiger partial charge in [0.25, 0.3) is 0 Å². The topological polar surface area (TPSA) is 13.1 Å². The molecule has 20 heavy (non-hydrogen) atoms. The van der Waals surface area contributed by atoms with E-state index in [0.29, 0.717) is 0 Å². The smallest absolute Gasteiger partial charge is 0.136 e. The molecule has 0 aliphatic heterocycles. The quantitative estimate of drug-likeness (QED) is 0.415. The van der Waals surface area contributed by atoms with Gasteiger partial charge in [-0.15, -0.1) is 0 Å². The summed E-state index contributed by atoms with van der Waals surface area (Å²) in [6.07, 6.45) is 0. The van der Waals surface area contributed by atoms with Crippen molar-refractivity contribution in [3.05, 3.63) is 70.9 Å². The van der Waals surface area contributed by atoms with Crippen molar-refractivity contribution in [3.8, 4) is 11.1 Å². The summed E-state index contributed by atoms with van der Waals surface area (Å²) in [4.78, 5) is 0. The molecule has 2 heteroatoms. The lowest BCUT2D eigenvalue weighted by atomic mass is 10.00. The van der Waals surface area contributed by atoms with Crippen LogP contribution < -0.4 is 0 Å². The highest BCUT2D eigenvalue weighted by Crippen LogP contribution is 2.37. The lowest BCUT2D eigenvalue weighted by Crippen LogP contribution is -1.78. The van der Waals surface area contributed by atoms with E-state index in [1.165, 1.54) is 0 Å². The Bertz CT molecular complexity index is 1430. The second-order valence-corrected chi connectivity index (χ2v) is 4.74. The normalized spacial score (nSPS) is 18.9. The molecule has 1 heterocycles. The molecular weight excluding hydrogens is 312 g/mol. The number of fused-ring (bicyclic) bond motifs is 3. The van der Waals surface area contributed by atoms with Crippen LogP contribution in [0.25, 0.3) is 33.1 Å². The van der Waals surface area contributed by atoms with Crippen LogP contribution in [0.5, 0.6) is 0 Å². The molecule has 4 rings (SSSR count). The van der Waals surface area contributed by atoms with Crippen molar-refractivity contribution in [2.45, 2.75) is 0 Å². The summed E-state index contributed by atoms with van der Waals surface area (Å²) in [5, 5.41) is -0.212. The Morgan fingerprint density at radius 1 is 0.850 bits per heavy atom.